The third-order valence-electron chi connectivity index (χ3n) is 3.31. The second kappa shape index (κ2) is 5.36. The Morgan fingerprint density at radius 2 is 1.95 bits per heavy atom. The third-order valence-corrected chi connectivity index (χ3v) is 3.31. The maximum Gasteiger partial charge on any atom is 0.252 e. The number of hydrogen-bond donors (Lipinski definition) is 1. The van der Waals surface area contributed by atoms with Gasteiger partial charge in [0.05, 0.1) is 12.2 Å². The van der Waals surface area contributed by atoms with Crippen LogP contribution in [0.1, 0.15) is 16.1 Å². The molecule has 4 nitrogen and oxygen atoms in total. The first-order valence-corrected chi connectivity index (χ1v) is 6.59. The smallest absolute Gasteiger partial charge is 0.252 e. The van der Waals surface area contributed by atoms with E-state index in [-0.39, 0.29) is 11.7 Å². The van der Waals surface area contributed by atoms with Gasteiger partial charge in [-0.05, 0) is 23.6 Å². The van der Waals surface area contributed by atoms with Crippen molar-refractivity contribution in [3.8, 4) is 0 Å². The molecule has 5 heteroatoms. The minimum Gasteiger partial charge on any atom is -0.346 e. The molecule has 21 heavy (non-hydrogen) atoms. The molecule has 0 saturated heterocycles. The molecular formula is C16H14FN3O. The number of benzene rings is 2. The topological polar surface area (TPSA) is 46.9 Å². The third kappa shape index (κ3) is 2.63. The molecule has 0 fully saturated rings. The Balaban J connectivity index is 1.86. The van der Waals surface area contributed by atoms with Crippen molar-refractivity contribution in [2.24, 2.45) is 7.05 Å². The first-order valence-electron chi connectivity index (χ1n) is 6.59. The van der Waals surface area contributed by atoms with E-state index in [4.69, 9.17) is 0 Å². The fourth-order valence-corrected chi connectivity index (χ4v) is 2.28. The zero-order valence-electron chi connectivity index (χ0n) is 11.5. The molecule has 1 N–H and O–H groups in total. The fraction of sp³-hybridized carbons (Fsp3) is 0.125. The number of carbonyl (C=O) groups is 1. The number of fused-ring (bicyclic) bond motifs is 1. The molecule has 3 aromatic rings. The van der Waals surface area contributed by atoms with Crippen molar-refractivity contribution in [3.05, 3.63) is 65.7 Å². The van der Waals surface area contributed by atoms with Crippen LogP contribution in [0.25, 0.3) is 10.8 Å². The molecule has 1 amide bonds. The molecule has 1 aromatic heterocycles. The number of aromatic nitrogens is 2. The molecule has 0 aliphatic rings. The largest absolute Gasteiger partial charge is 0.346 e. The van der Waals surface area contributed by atoms with Crippen LogP contribution in [-0.2, 0) is 13.6 Å². The van der Waals surface area contributed by atoms with Crippen LogP contribution in [-0.4, -0.2) is 15.7 Å². The number of amides is 1. The lowest BCUT2D eigenvalue weighted by Crippen LogP contribution is -2.23. The van der Waals surface area contributed by atoms with Gasteiger partial charge in [-0.15, -0.1) is 0 Å². The number of aryl methyl sites for hydroxylation is 1. The number of carbonyl (C=O) groups excluding carboxylic acids is 1. The second-order valence-corrected chi connectivity index (χ2v) is 4.80. The normalized spacial score (nSPS) is 10.8. The van der Waals surface area contributed by atoms with Gasteiger partial charge in [-0.1, -0.05) is 24.3 Å². The lowest BCUT2D eigenvalue weighted by molar-refractivity contribution is 0.0952. The zero-order valence-corrected chi connectivity index (χ0v) is 11.5. The fourth-order valence-electron chi connectivity index (χ4n) is 2.28. The van der Waals surface area contributed by atoms with Crippen LogP contribution in [0.3, 0.4) is 0 Å². The van der Waals surface area contributed by atoms with Gasteiger partial charge < -0.3 is 5.32 Å². The van der Waals surface area contributed by atoms with E-state index in [0.29, 0.717) is 22.9 Å². The van der Waals surface area contributed by atoms with Crippen molar-refractivity contribution in [1.82, 2.24) is 15.1 Å². The Labute approximate surface area is 121 Å². The highest BCUT2D eigenvalue weighted by Gasteiger charge is 2.12. The predicted molar refractivity (Wildman–Crippen MR) is 78.3 cm³/mol. The summed E-state index contributed by atoms with van der Waals surface area (Å²) in [5, 5.41) is 8.05. The summed E-state index contributed by atoms with van der Waals surface area (Å²) in [6.07, 6.45) is 1.81. The number of hydrogen-bond acceptors (Lipinski definition) is 2. The summed E-state index contributed by atoms with van der Waals surface area (Å²) in [5.41, 5.74) is 1.24. The maximum absolute atomic E-state index is 13.7. The molecule has 3 rings (SSSR count). The van der Waals surface area contributed by atoms with Crippen molar-refractivity contribution in [3.63, 3.8) is 0 Å². The molecule has 0 aliphatic heterocycles. The van der Waals surface area contributed by atoms with Gasteiger partial charge in [0.1, 0.15) is 5.82 Å². The minimum absolute atomic E-state index is 0.239. The Morgan fingerprint density at radius 3 is 2.67 bits per heavy atom. The van der Waals surface area contributed by atoms with E-state index in [0.717, 1.165) is 5.69 Å². The van der Waals surface area contributed by atoms with E-state index in [2.05, 4.69) is 10.4 Å². The van der Waals surface area contributed by atoms with Gasteiger partial charge in [0.25, 0.3) is 5.91 Å². The van der Waals surface area contributed by atoms with Crippen LogP contribution in [0.2, 0.25) is 0 Å². The molecular weight excluding hydrogens is 269 g/mol. The molecule has 1 heterocycles. The van der Waals surface area contributed by atoms with Crippen molar-refractivity contribution >= 4 is 16.7 Å². The monoisotopic (exact) mass is 283 g/mol. The number of halogens is 1. The Kier molecular flexibility index (Phi) is 3.39. The van der Waals surface area contributed by atoms with Gasteiger partial charge in [-0.3, -0.25) is 9.48 Å². The van der Waals surface area contributed by atoms with Crippen molar-refractivity contribution < 1.29 is 9.18 Å². The summed E-state index contributed by atoms with van der Waals surface area (Å²) in [6.45, 7) is 0.339. The SMILES string of the molecule is Cn1ccc(CNC(=O)c2ccc(F)c3ccccc23)n1. The van der Waals surface area contributed by atoms with Crippen LogP contribution >= 0.6 is 0 Å². The van der Waals surface area contributed by atoms with Gasteiger partial charge in [-0.2, -0.15) is 5.10 Å². The van der Waals surface area contributed by atoms with Gasteiger partial charge >= 0.3 is 0 Å². The van der Waals surface area contributed by atoms with Crippen LogP contribution in [0, 0.1) is 5.82 Å². The lowest BCUT2D eigenvalue weighted by Gasteiger charge is -2.08. The predicted octanol–water partition coefficient (Wildman–Crippen LogP) is 2.64. The van der Waals surface area contributed by atoms with Gasteiger partial charge in [0.15, 0.2) is 0 Å². The number of nitrogens with one attached hydrogen (secondary N) is 1. The van der Waals surface area contributed by atoms with Gasteiger partial charge in [0.2, 0.25) is 0 Å². The Morgan fingerprint density at radius 1 is 1.19 bits per heavy atom. The zero-order chi connectivity index (χ0) is 14.8. The molecule has 0 atom stereocenters. The van der Waals surface area contributed by atoms with E-state index in [9.17, 15) is 9.18 Å². The van der Waals surface area contributed by atoms with Crippen LogP contribution in [0.5, 0.6) is 0 Å². The highest BCUT2D eigenvalue weighted by atomic mass is 19.1. The second-order valence-electron chi connectivity index (χ2n) is 4.80. The van der Waals surface area contributed by atoms with E-state index in [1.165, 1.54) is 12.1 Å². The van der Waals surface area contributed by atoms with Crippen molar-refractivity contribution in [1.29, 1.82) is 0 Å². The standard InChI is InChI=1S/C16H14FN3O/c1-20-9-8-11(19-20)10-18-16(21)14-6-7-15(17)13-5-3-2-4-12(13)14/h2-9H,10H2,1H3,(H,18,21). The summed E-state index contributed by atoms with van der Waals surface area (Å²) in [6, 6.07) is 11.6. The quantitative estimate of drug-likeness (QED) is 0.803. The highest BCUT2D eigenvalue weighted by molar-refractivity contribution is 6.07. The van der Waals surface area contributed by atoms with E-state index in [1.54, 1.807) is 28.9 Å². The van der Waals surface area contributed by atoms with E-state index < -0.39 is 0 Å². The number of rotatable bonds is 3. The molecule has 0 radical (unpaired) electrons. The molecule has 2 aromatic carbocycles. The first kappa shape index (κ1) is 13.3. The van der Waals surface area contributed by atoms with Crippen LogP contribution in [0.15, 0.2) is 48.7 Å². The average molecular weight is 283 g/mol. The summed E-state index contributed by atoms with van der Waals surface area (Å²) < 4.78 is 15.4. The summed E-state index contributed by atoms with van der Waals surface area (Å²) in [5.74, 6) is -0.566. The Hall–Kier alpha value is -2.69. The highest BCUT2D eigenvalue weighted by Crippen LogP contribution is 2.21. The molecule has 0 bridgehead atoms. The van der Waals surface area contributed by atoms with Crippen LogP contribution in [0.4, 0.5) is 4.39 Å². The van der Waals surface area contributed by atoms with Crippen molar-refractivity contribution in [2.75, 3.05) is 0 Å². The summed E-state index contributed by atoms with van der Waals surface area (Å²) >= 11 is 0. The average Bonchev–Trinajstić information content (AvgIpc) is 2.91. The minimum atomic E-state index is -0.327. The molecule has 0 spiro atoms. The van der Waals surface area contributed by atoms with Crippen LogP contribution < -0.4 is 5.32 Å². The van der Waals surface area contributed by atoms with E-state index in [1.807, 2.05) is 19.3 Å². The Bertz CT molecular complexity index is 810. The van der Waals surface area contributed by atoms with E-state index >= 15 is 0 Å². The molecule has 0 unspecified atom stereocenters. The lowest BCUT2D eigenvalue weighted by atomic mass is 10.0. The summed E-state index contributed by atoms with van der Waals surface area (Å²) in [4.78, 5) is 12.3. The molecule has 0 aliphatic carbocycles. The summed E-state index contributed by atoms with van der Waals surface area (Å²) in [7, 11) is 1.82. The first-order chi connectivity index (χ1) is 10.1. The van der Waals surface area contributed by atoms with Gasteiger partial charge in [-0.25, -0.2) is 4.39 Å². The maximum atomic E-state index is 13.7. The van der Waals surface area contributed by atoms with Crippen molar-refractivity contribution in [2.45, 2.75) is 6.54 Å². The molecule has 106 valence electrons. The number of nitrogens with zero attached hydrogens (tertiary/aromatic N) is 2. The van der Waals surface area contributed by atoms with Gasteiger partial charge in [0, 0.05) is 24.2 Å². The molecule has 0 saturated carbocycles.